The highest BCUT2D eigenvalue weighted by atomic mass is 32.2. The van der Waals surface area contributed by atoms with E-state index in [-0.39, 0.29) is 10.9 Å². The molecule has 1 aromatic carbocycles. The molecule has 4 nitrogen and oxygen atoms in total. The van der Waals surface area contributed by atoms with Crippen LogP contribution in [0, 0.1) is 6.92 Å². The Morgan fingerprint density at radius 2 is 1.88 bits per heavy atom. The van der Waals surface area contributed by atoms with Gasteiger partial charge in [0.05, 0.1) is 4.90 Å². The number of nitrogens with two attached hydrogens (primary N) is 1. The summed E-state index contributed by atoms with van der Waals surface area (Å²) in [5.74, 6) is 0. The molecule has 3 N–H and O–H groups in total. The summed E-state index contributed by atoms with van der Waals surface area (Å²) in [7, 11) is -4.03. The third-order valence-corrected chi connectivity index (χ3v) is 3.14. The molecule has 1 aliphatic rings. The average Bonchev–Trinajstić information content (AvgIpc) is 2.79. The first-order valence-electron chi connectivity index (χ1n) is 4.75. The standard InChI is InChI=1S/C7H8O3S.C3H6FN/c1-6-4-2-3-5-7(6)11(8,9)10;4-2-1-3(2)5/h2-5H,1H3,(H,8,9,10);2-3H,1,5H2/t;2-,3+/m.0/s1. The van der Waals surface area contributed by atoms with Crippen molar-refractivity contribution in [3.8, 4) is 0 Å². The maximum absolute atomic E-state index is 11.4. The summed E-state index contributed by atoms with van der Waals surface area (Å²) < 4.78 is 41.2. The summed E-state index contributed by atoms with van der Waals surface area (Å²) in [6, 6.07) is 6.16. The molecule has 16 heavy (non-hydrogen) atoms. The van der Waals surface area contributed by atoms with Gasteiger partial charge in [-0.3, -0.25) is 4.55 Å². The van der Waals surface area contributed by atoms with Crippen molar-refractivity contribution in [3.05, 3.63) is 29.8 Å². The molecule has 1 aromatic rings. The molecule has 0 radical (unpaired) electrons. The van der Waals surface area contributed by atoms with Gasteiger partial charge in [0.1, 0.15) is 6.17 Å². The lowest BCUT2D eigenvalue weighted by Crippen LogP contribution is -2.00. The van der Waals surface area contributed by atoms with Crippen LogP contribution in [0.1, 0.15) is 12.0 Å². The van der Waals surface area contributed by atoms with Crippen molar-refractivity contribution in [2.24, 2.45) is 5.73 Å². The second-order valence-electron chi connectivity index (χ2n) is 3.66. The fourth-order valence-corrected chi connectivity index (χ4v) is 1.75. The molecule has 0 bridgehead atoms. The molecule has 1 saturated carbocycles. The van der Waals surface area contributed by atoms with Gasteiger partial charge in [-0.15, -0.1) is 0 Å². The zero-order valence-electron chi connectivity index (χ0n) is 8.80. The highest BCUT2D eigenvalue weighted by Crippen LogP contribution is 2.21. The second-order valence-corrected chi connectivity index (χ2v) is 5.05. The van der Waals surface area contributed by atoms with Gasteiger partial charge in [-0.2, -0.15) is 8.42 Å². The van der Waals surface area contributed by atoms with Crippen LogP contribution >= 0.6 is 0 Å². The van der Waals surface area contributed by atoms with E-state index < -0.39 is 16.3 Å². The van der Waals surface area contributed by atoms with Gasteiger partial charge in [-0.25, -0.2) is 4.39 Å². The maximum atomic E-state index is 11.4. The lowest BCUT2D eigenvalue weighted by atomic mass is 10.2. The first-order chi connectivity index (χ1) is 7.32. The fraction of sp³-hybridized carbons (Fsp3) is 0.400. The lowest BCUT2D eigenvalue weighted by molar-refractivity contribution is 0.467. The van der Waals surface area contributed by atoms with E-state index in [1.807, 2.05) is 0 Å². The maximum Gasteiger partial charge on any atom is 0.294 e. The monoisotopic (exact) mass is 247 g/mol. The predicted octanol–water partition coefficient (Wildman–Crippen LogP) is 1.30. The van der Waals surface area contributed by atoms with Crippen LogP contribution in [0.2, 0.25) is 0 Å². The number of hydrogen-bond acceptors (Lipinski definition) is 3. The first kappa shape index (κ1) is 13.1. The van der Waals surface area contributed by atoms with Gasteiger partial charge >= 0.3 is 0 Å². The van der Waals surface area contributed by atoms with E-state index in [4.69, 9.17) is 10.3 Å². The van der Waals surface area contributed by atoms with E-state index in [0.717, 1.165) is 0 Å². The quantitative estimate of drug-likeness (QED) is 0.733. The summed E-state index contributed by atoms with van der Waals surface area (Å²) in [5, 5.41) is 0. The van der Waals surface area contributed by atoms with Crippen molar-refractivity contribution in [1.82, 2.24) is 0 Å². The van der Waals surface area contributed by atoms with Crippen molar-refractivity contribution in [1.29, 1.82) is 0 Å². The van der Waals surface area contributed by atoms with E-state index in [1.165, 1.54) is 6.07 Å². The van der Waals surface area contributed by atoms with E-state index >= 15 is 0 Å². The van der Waals surface area contributed by atoms with Gasteiger partial charge in [0.2, 0.25) is 0 Å². The number of halogens is 1. The molecular weight excluding hydrogens is 233 g/mol. The fourth-order valence-electron chi connectivity index (χ4n) is 1.03. The summed E-state index contributed by atoms with van der Waals surface area (Å²) in [6.07, 6.45) is -0.0880. The van der Waals surface area contributed by atoms with Crippen LogP contribution in [0.25, 0.3) is 0 Å². The smallest absolute Gasteiger partial charge is 0.294 e. The molecule has 1 fully saturated rings. The van der Waals surface area contributed by atoms with Gasteiger partial charge in [-0.05, 0) is 25.0 Å². The summed E-state index contributed by atoms with van der Waals surface area (Å²) in [4.78, 5) is -0.0278. The normalized spacial score (nSPS) is 23.2. The van der Waals surface area contributed by atoms with Crippen molar-refractivity contribution >= 4 is 10.1 Å². The van der Waals surface area contributed by atoms with Crippen molar-refractivity contribution in [2.45, 2.75) is 30.5 Å². The topological polar surface area (TPSA) is 80.4 Å². The van der Waals surface area contributed by atoms with Gasteiger partial charge in [-0.1, -0.05) is 18.2 Å². The molecule has 2 atom stereocenters. The Hall–Kier alpha value is -0.980. The van der Waals surface area contributed by atoms with Crippen molar-refractivity contribution < 1.29 is 17.4 Å². The van der Waals surface area contributed by atoms with Crippen LogP contribution < -0.4 is 5.73 Å². The minimum Gasteiger partial charge on any atom is -0.325 e. The molecule has 90 valence electrons. The zero-order chi connectivity index (χ0) is 12.3. The predicted molar refractivity (Wildman–Crippen MR) is 58.5 cm³/mol. The van der Waals surface area contributed by atoms with Crippen LogP contribution in [-0.4, -0.2) is 25.2 Å². The molecule has 0 aromatic heterocycles. The number of rotatable bonds is 1. The Bertz CT molecular complexity index is 455. The van der Waals surface area contributed by atoms with E-state index in [1.54, 1.807) is 25.1 Å². The molecule has 0 spiro atoms. The SMILES string of the molecule is Cc1ccccc1S(=O)(=O)O.N[C@@H]1C[C@@H]1F. The van der Waals surface area contributed by atoms with Gasteiger partial charge < -0.3 is 5.73 Å². The zero-order valence-corrected chi connectivity index (χ0v) is 9.61. The molecule has 1 aliphatic carbocycles. The number of aryl methyl sites for hydroxylation is 1. The van der Waals surface area contributed by atoms with E-state index in [2.05, 4.69) is 0 Å². The Morgan fingerprint density at radius 1 is 1.44 bits per heavy atom. The van der Waals surface area contributed by atoms with Crippen molar-refractivity contribution in [3.63, 3.8) is 0 Å². The Morgan fingerprint density at radius 3 is 2.12 bits per heavy atom. The molecule has 0 unspecified atom stereocenters. The Balaban J connectivity index is 0.000000212. The highest BCUT2D eigenvalue weighted by molar-refractivity contribution is 7.85. The molecular formula is C10H14FNO3S. The van der Waals surface area contributed by atoms with Crippen LogP contribution in [0.15, 0.2) is 29.2 Å². The summed E-state index contributed by atoms with van der Waals surface area (Å²) >= 11 is 0. The minimum absolute atomic E-state index is 0.0278. The van der Waals surface area contributed by atoms with Gasteiger partial charge in [0.15, 0.2) is 0 Å². The van der Waals surface area contributed by atoms with E-state index in [9.17, 15) is 12.8 Å². The molecule has 0 amide bonds. The highest BCUT2D eigenvalue weighted by Gasteiger charge is 2.32. The number of hydrogen-bond donors (Lipinski definition) is 2. The molecule has 2 rings (SSSR count). The average molecular weight is 247 g/mol. The lowest BCUT2D eigenvalue weighted by Gasteiger charge is -1.99. The Labute approximate surface area is 94.0 Å². The molecule has 0 aliphatic heterocycles. The van der Waals surface area contributed by atoms with Crippen molar-refractivity contribution in [2.75, 3.05) is 0 Å². The van der Waals surface area contributed by atoms with Crippen LogP contribution in [0.3, 0.4) is 0 Å². The van der Waals surface area contributed by atoms with E-state index in [0.29, 0.717) is 12.0 Å². The third-order valence-electron chi connectivity index (χ3n) is 2.13. The largest absolute Gasteiger partial charge is 0.325 e. The van der Waals surface area contributed by atoms with Gasteiger partial charge in [0, 0.05) is 6.04 Å². The second kappa shape index (κ2) is 4.90. The minimum atomic E-state index is -4.03. The number of alkyl halides is 1. The van der Waals surface area contributed by atoms with Gasteiger partial charge in [0.25, 0.3) is 10.1 Å². The molecule has 0 heterocycles. The van der Waals surface area contributed by atoms with Crippen LogP contribution in [-0.2, 0) is 10.1 Å². The third kappa shape index (κ3) is 3.88. The van der Waals surface area contributed by atoms with Crippen LogP contribution in [0.4, 0.5) is 4.39 Å². The Kier molecular flexibility index (Phi) is 4.01. The summed E-state index contributed by atoms with van der Waals surface area (Å²) in [6.45, 7) is 1.63. The molecule has 0 saturated heterocycles. The van der Waals surface area contributed by atoms with Crippen LogP contribution in [0.5, 0.6) is 0 Å². The summed E-state index contributed by atoms with van der Waals surface area (Å²) in [5.41, 5.74) is 5.54. The first-order valence-corrected chi connectivity index (χ1v) is 6.19. The molecule has 6 heteroatoms. The number of benzene rings is 1.